The van der Waals surface area contributed by atoms with E-state index in [1.165, 1.54) is 0 Å². The highest BCUT2D eigenvalue weighted by Gasteiger charge is 2.36. The van der Waals surface area contributed by atoms with E-state index in [1.807, 2.05) is 81.4 Å². The van der Waals surface area contributed by atoms with Crippen LogP contribution in [0.2, 0.25) is 0 Å². The normalized spacial score (nSPS) is 13.8. The number of aldehydes is 1. The molecule has 3 atom stereocenters. The minimum atomic E-state index is -1.03. The van der Waals surface area contributed by atoms with Crippen LogP contribution in [0.3, 0.4) is 0 Å². The molecule has 0 saturated carbocycles. The van der Waals surface area contributed by atoms with Gasteiger partial charge in [-0.1, -0.05) is 87.5 Å². The molecule has 234 valence electrons. The number of hydrogen-bond donors (Lipinski definition) is 5. The minimum Gasteiger partial charge on any atom is -0.348 e. The zero-order chi connectivity index (χ0) is 32.0. The van der Waals surface area contributed by atoms with Crippen molar-refractivity contribution in [3.63, 3.8) is 0 Å². The second kappa shape index (κ2) is 17.1. The largest absolute Gasteiger partial charge is 0.348 e. The molecule has 0 spiro atoms. The molecule has 0 aliphatic heterocycles. The SMILES string of the molecule is CCNC[C@](C=O)(NC(=O)[C@H](C)NC[C@H](Cc1ccccc1)NC(=O)c1cccc(C(=O)NCc2ccccc2)c1)C(C)C. The van der Waals surface area contributed by atoms with Crippen molar-refractivity contribution >= 4 is 24.0 Å². The monoisotopic (exact) mass is 599 g/mol. The number of carbonyl (C=O) groups excluding carboxylic acids is 4. The van der Waals surface area contributed by atoms with E-state index < -0.39 is 11.6 Å². The van der Waals surface area contributed by atoms with E-state index in [4.69, 9.17) is 0 Å². The van der Waals surface area contributed by atoms with E-state index in [2.05, 4.69) is 26.6 Å². The lowest BCUT2D eigenvalue weighted by Crippen LogP contribution is -2.62. The van der Waals surface area contributed by atoms with Crippen molar-refractivity contribution in [3.8, 4) is 0 Å². The van der Waals surface area contributed by atoms with Crippen LogP contribution in [0, 0.1) is 5.92 Å². The fourth-order valence-corrected chi connectivity index (χ4v) is 4.70. The average Bonchev–Trinajstić information content (AvgIpc) is 3.05. The molecule has 9 heteroatoms. The molecule has 0 unspecified atom stereocenters. The fraction of sp³-hybridized carbons (Fsp3) is 0.371. The fourth-order valence-electron chi connectivity index (χ4n) is 4.70. The molecule has 0 bridgehead atoms. The third-order valence-electron chi connectivity index (χ3n) is 7.67. The zero-order valence-electron chi connectivity index (χ0n) is 26.1. The number of carbonyl (C=O) groups is 4. The van der Waals surface area contributed by atoms with Gasteiger partial charge in [0.2, 0.25) is 5.91 Å². The summed E-state index contributed by atoms with van der Waals surface area (Å²) in [4.78, 5) is 51.4. The molecule has 3 aromatic rings. The smallest absolute Gasteiger partial charge is 0.251 e. The van der Waals surface area contributed by atoms with Crippen LogP contribution in [-0.2, 0) is 22.6 Å². The summed E-state index contributed by atoms with van der Waals surface area (Å²) in [5, 5.41) is 15.3. The maximum absolute atomic E-state index is 13.4. The van der Waals surface area contributed by atoms with E-state index in [-0.39, 0.29) is 29.7 Å². The first-order chi connectivity index (χ1) is 21.2. The Labute approximate surface area is 260 Å². The maximum Gasteiger partial charge on any atom is 0.251 e. The Kier molecular flexibility index (Phi) is 13.3. The summed E-state index contributed by atoms with van der Waals surface area (Å²) in [6.45, 7) is 9.17. The van der Waals surface area contributed by atoms with Gasteiger partial charge in [0.05, 0.1) is 6.04 Å². The van der Waals surface area contributed by atoms with E-state index in [1.54, 1.807) is 31.2 Å². The predicted molar refractivity (Wildman–Crippen MR) is 173 cm³/mol. The van der Waals surface area contributed by atoms with Gasteiger partial charge in [0.1, 0.15) is 11.8 Å². The molecule has 3 aromatic carbocycles. The summed E-state index contributed by atoms with van der Waals surface area (Å²) in [6, 6.07) is 25.0. The summed E-state index contributed by atoms with van der Waals surface area (Å²) in [6.07, 6.45) is 1.33. The van der Waals surface area contributed by atoms with Gasteiger partial charge in [-0.25, -0.2) is 0 Å². The molecule has 9 nitrogen and oxygen atoms in total. The van der Waals surface area contributed by atoms with Crippen molar-refractivity contribution in [1.29, 1.82) is 0 Å². The maximum atomic E-state index is 13.4. The Morgan fingerprint density at radius 1 is 0.818 bits per heavy atom. The van der Waals surface area contributed by atoms with Gasteiger partial charge in [-0.2, -0.15) is 0 Å². The standard InChI is InChI=1S/C35H45N5O4/c1-5-36-23-35(24-41,25(2)3)40-32(42)26(4)37-22-31(19-27-13-8-6-9-14-27)39-34(44)30-18-12-17-29(20-30)33(43)38-21-28-15-10-7-11-16-28/h6-18,20,24-26,31,36-37H,5,19,21-23H2,1-4H3,(H,38,43)(H,39,44)(H,40,42)/t26-,31-,35+/m0/s1. The minimum absolute atomic E-state index is 0.114. The van der Waals surface area contributed by atoms with Gasteiger partial charge in [0.25, 0.3) is 11.8 Å². The van der Waals surface area contributed by atoms with Crippen molar-refractivity contribution in [1.82, 2.24) is 26.6 Å². The molecule has 0 radical (unpaired) electrons. The zero-order valence-corrected chi connectivity index (χ0v) is 26.1. The van der Waals surface area contributed by atoms with Gasteiger partial charge >= 0.3 is 0 Å². The van der Waals surface area contributed by atoms with Crippen LogP contribution in [0.1, 0.15) is 59.5 Å². The lowest BCUT2D eigenvalue weighted by atomic mass is 9.87. The van der Waals surface area contributed by atoms with E-state index in [9.17, 15) is 19.2 Å². The highest BCUT2D eigenvalue weighted by molar-refractivity contribution is 5.99. The molecule has 5 N–H and O–H groups in total. The summed E-state index contributed by atoms with van der Waals surface area (Å²) in [7, 11) is 0. The topological polar surface area (TPSA) is 128 Å². The predicted octanol–water partition coefficient (Wildman–Crippen LogP) is 3.26. The lowest BCUT2D eigenvalue weighted by Gasteiger charge is -2.34. The summed E-state index contributed by atoms with van der Waals surface area (Å²) >= 11 is 0. The van der Waals surface area contributed by atoms with E-state index >= 15 is 0 Å². The molecular formula is C35H45N5O4. The van der Waals surface area contributed by atoms with Crippen LogP contribution in [0.25, 0.3) is 0 Å². The molecule has 0 saturated heterocycles. The van der Waals surface area contributed by atoms with Crippen molar-refractivity contribution in [2.75, 3.05) is 19.6 Å². The van der Waals surface area contributed by atoms with Crippen LogP contribution in [0.15, 0.2) is 84.9 Å². The summed E-state index contributed by atoms with van der Waals surface area (Å²) in [5.41, 5.74) is 1.72. The van der Waals surface area contributed by atoms with Gasteiger partial charge in [-0.3, -0.25) is 14.4 Å². The first-order valence-corrected chi connectivity index (χ1v) is 15.2. The highest BCUT2D eigenvalue weighted by Crippen LogP contribution is 2.15. The van der Waals surface area contributed by atoms with Crippen LogP contribution in [0.5, 0.6) is 0 Å². The Morgan fingerprint density at radius 2 is 1.43 bits per heavy atom. The van der Waals surface area contributed by atoms with Crippen molar-refractivity contribution < 1.29 is 19.2 Å². The van der Waals surface area contributed by atoms with Crippen LogP contribution in [-0.4, -0.2) is 61.3 Å². The molecule has 44 heavy (non-hydrogen) atoms. The summed E-state index contributed by atoms with van der Waals surface area (Å²) in [5.74, 6) is -1.01. The average molecular weight is 600 g/mol. The molecule has 0 aliphatic carbocycles. The Hall–Kier alpha value is -4.34. The highest BCUT2D eigenvalue weighted by atomic mass is 16.2. The van der Waals surface area contributed by atoms with Gasteiger partial charge in [-0.05, 0) is 55.1 Å². The van der Waals surface area contributed by atoms with Crippen LogP contribution in [0.4, 0.5) is 0 Å². The number of amides is 3. The Morgan fingerprint density at radius 3 is 2.02 bits per heavy atom. The quantitative estimate of drug-likeness (QED) is 0.152. The second-order valence-electron chi connectivity index (χ2n) is 11.3. The van der Waals surface area contributed by atoms with Crippen molar-refractivity contribution in [2.45, 2.75) is 58.3 Å². The number of rotatable bonds is 17. The number of hydrogen-bond acceptors (Lipinski definition) is 6. The third-order valence-corrected chi connectivity index (χ3v) is 7.67. The first-order valence-electron chi connectivity index (χ1n) is 15.2. The molecule has 3 rings (SSSR count). The molecule has 0 aromatic heterocycles. The van der Waals surface area contributed by atoms with Crippen LogP contribution >= 0.6 is 0 Å². The first kappa shape index (κ1) is 34.2. The van der Waals surface area contributed by atoms with Gasteiger partial charge < -0.3 is 31.4 Å². The molecular weight excluding hydrogens is 554 g/mol. The molecule has 0 heterocycles. The van der Waals surface area contributed by atoms with Crippen molar-refractivity contribution in [3.05, 3.63) is 107 Å². The molecule has 3 amide bonds. The van der Waals surface area contributed by atoms with Gasteiger partial charge in [0, 0.05) is 36.8 Å². The number of nitrogens with one attached hydrogen (secondary N) is 5. The molecule has 0 fully saturated rings. The van der Waals surface area contributed by atoms with Crippen LogP contribution < -0.4 is 26.6 Å². The third kappa shape index (κ3) is 10.1. The summed E-state index contributed by atoms with van der Waals surface area (Å²) < 4.78 is 0. The number of benzene rings is 3. The molecule has 0 aliphatic rings. The van der Waals surface area contributed by atoms with Crippen molar-refractivity contribution in [2.24, 2.45) is 5.92 Å². The van der Waals surface area contributed by atoms with Gasteiger partial charge in [0.15, 0.2) is 0 Å². The van der Waals surface area contributed by atoms with E-state index in [0.717, 1.165) is 17.4 Å². The second-order valence-corrected chi connectivity index (χ2v) is 11.3. The number of likely N-dealkylation sites (N-methyl/N-ethyl adjacent to an activating group) is 1. The van der Waals surface area contributed by atoms with E-state index in [0.29, 0.717) is 43.7 Å². The Balaban J connectivity index is 1.67. The lowest BCUT2D eigenvalue weighted by molar-refractivity contribution is -0.129. The Bertz CT molecular complexity index is 1370. The van der Waals surface area contributed by atoms with Gasteiger partial charge in [-0.15, -0.1) is 0 Å².